The molecule has 0 amide bonds. The summed E-state index contributed by atoms with van der Waals surface area (Å²) in [5, 5.41) is 3.61. The van der Waals surface area contributed by atoms with Crippen molar-refractivity contribution in [1.82, 2.24) is 5.32 Å². The van der Waals surface area contributed by atoms with Crippen molar-refractivity contribution in [3.8, 4) is 5.75 Å². The van der Waals surface area contributed by atoms with Gasteiger partial charge in [-0.3, -0.25) is 0 Å². The standard InChI is InChI=1S/C17H29NOS/c1-8-18-14(11-20-17(4,5)6)16-13(3)9-12(2)10-15(16)19-7/h9-10,14,18H,8,11H2,1-7H3. The van der Waals surface area contributed by atoms with Crippen LogP contribution in [0.5, 0.6) is 5.75 Å². The summed E-state index contributed by atoms with van der Waals surface area (Å²) in [6, 6.07) is 4.71. The van der Waals surface area contributed by atoms with Crippen LogP contribution in [0.25, 0.3) is 0 Å². The summed E-state index contributed by atoms with van der Waals surface area (Å²) in [4.78, 5) is 0. The lowest BCUT2D eigenvalue weighted by Gasteiger charge is -2.26. The molecule has 1 atom stereocenters. The normalized spacial score (nSPS) is 13.3. The summed E-state index contributed by atoms with van der Waals surface area (Å²) >= 11 is 1.99. The Labute approximate surface area is 128 Å². The predicted molar refractivity (Wildman–Crippen MR) is 91.1 cm³/mol. The highest BCUT2D eigenvalue weighted by Gasteiger charge is 2.21. The molecule has 0 spiro atoms. The Kier molecular flexibility index (Phi) is 6.41. The second-order valence-corrected chi connectivity index (χ2v) is 8.08. The average molecular weight is 295 g/mol. The first-order chi connectivity index (χ1) is 9.28. The smallest absolute Gasteiger partial charge is 0.124 e. The molecule has 2 nitrogen and oxygen atoms in total. The summed E-state index contributed by atoms with van der Waals surface area (Å²) in [6.45, 7) is 14.2. The van der Waals surface area contributed by atoms with Gasteiger partial charge in [0, 0.05) is 22.1 Å². The first kappa shape index (κ1) is 17.4. The number of methoxy groups -OCH3 is 1. The quantitative estimate of drug-likeness (QED) is 0.835. The fourth-order valence-electron chi connectivity index (χ4n) is 2.38. The Morgan fingerprint density at radius 2 is 1.90 bits per heavy atom. The van der Waals surface area contributed by atoms with Gasteiger partial charge in [-0.25, -0.2) is 0 Å². The van der Waals surface area contributed by atoms with Gasteiger partial charge >= 0.3 is 0 Å². The lowest BCUT2D eigenvalue weighted by molar-refractivity contribution is 0.402. The average Bonchev–Trinajstić information content (AvgIpc) is 2.33. The molecule has 0 saturated carbocycles. The maximum Gasteiger partial charge on any atom is 0.124 e. The highest BCUT2D eigenvalue weighted by molar-refractivity contribution is 8.00. The minimum absolute atomic E-state index is 0.277. The molecular formula is C17H29NOS. The number of nitrogens with one attached hydrogen (secondary N) is 1. The molecule has 0 bridgehead atoms. The summed E-state index contributed by atoms with van der Waals surface area (Å²) in [5.74, 6) is 2.06. The van der Waals surface area contributed by atoms with E-state index in [1.54, 1.807) is 7.11 Å². The third kappa shape index (κ3) is 5.02. The van der Waals surface area contributed by atoms with E-state index in [2.05, 4.69) is 59.0 Å². The van der Waals surface area contributed by atoms with E-state index in [4.69, 9.17) is 4.74 Å². The first-order valence-electron chi connectivity index (χ1n) is 7.31. The third-order valence-corrected chi connectivity index (χ3v) is 4.56. The fraction of sp³-hybridized carbons (Fsp3) is 0.647. The van der Waals surface area contributed by atoms with Crippen LogP contribution in [0.15, 0.2) is 12.1 Å². The Balaban J connectivity index is 3.07. The summed E-state index contributed by atoms with van der Waals surface area (Å²) in [7, 11) is 1.76. The maximum atomic E-state index is 5.62. The van der Waals surface area contributed by atoms with Crippen molar-refractivity contribution in [1.29, 1.82) is 0 Å². The van der Waals surface area contributed by atoms with Crippen LogP contribution in [0.4, 0.5) is 0 Å². The van der Waals surface area contributed by atoms with Crippen LogP contribution < -0.4 is 10.1 Å². The zero-order chi connectivity index (χ0) is 15.3. The SMILES string of the molecule is CCNC(CSC(C)(C)C)c1c(C)cc(C)cc1OC. The topological polar surface area (TPSA) is 21.3 Å². The number of aryl methyl sites for hydroxylation is 2. The van der Waals surface area contributed by atoms with Crippen LogP contribution in [0.3, 0.4) is 0 Å². The lowest BCUT2D eigenvalue weighted by Crippen LogP contribution is -2.26. The molecule has 0 aliphatic rings. The van der Waals surface area contributed by atoms with E-state index < -0.39 is 0 Å². The molecule has 1 rings (SSSR count). The van der Waals surface area contributed by atoms with Crippen molar-refractivity contribution >= 4 is 11.8 Å². The molecule has 0 radical (unpaired) electrons. The minimum atomic E-state index is 0.277. The Hall–Kier alpha value is -0.670. The number of ether oxygens (including phenoxy) is 1. The number of benzene rings is 1. The number of thioether (sulfide) groups is 1. The van der Waals surface area contributed by atoms with E-state index in [0.29, 0.717) is 6.04 Å². The van der Waals surface area contributed by atoms with Crippen LogP contribution >= 0.6 is 11.8 Å². The minimum Gasteiger partial charge on any atom is -0.496 e. The van der Waals surface area contributed by atoms with Gasteiger partial charge in [-0.15, -0.1) is 0 Å². The first-order valence-corrected chi connectivity index (χ1v) is 8.29. The Morgan fingerprint density at radius 3 is 2.40 bits per heavy atom. The van der Waals surface area contributed by atoms with Crippen LogP contribution in [0.1, 0.15) is 50.4 Å². The van der Waals surface area contributed by atoms with E-state index in [9.17, 15) is 0 Å². The van der Waals surface area contributed by atoms with E-state index in [0.717, 1.165) is 18.0 Å². The number of rotatable bonds is 6. The van der Waals surface area contributed by atoms with Crippen molar-refractivity contribution in [2.75, 3.05) is 19.4 Å². The van der Waals surface area contributed by atoms with Gasteiger partial charge in [0.15, 0.2) is 0 Å². The summed E-state index contributed by atoms with van der Waals surface area (Å²) < 4.78 is 5.89. The molecule has 0 aromatic heterocycles. The molecule has 114 valence electrons. The van der Waals surface area contributed by atoms with Crippen molar-refractivity contribution in [2.24, 2.45) is 0 Å². The van der Waals surface area contributed by atoms with Gasteiger partial charge < -0.3 is 10.1 Å². The van der Waals surface area contributed by atoms with Gasteiger partial charge in [-0.1, -0.05) is 33.8 Å². The molecule has 20 heavy (non-hydrogen) atoms. The summed E-state index contributed by atoms with van der Waals surface area (Å²) in [6.07, 6.45) is 0. The molecule has 1 aromatic carbocycles. The maximum absolute atomic E-state index is 5.62. The van der Waals surface area contributed by atoms with E-state index >= 15 is 0 Å². The van der Waals surface area contributed by atoms with Crippen molar-refractivity contribution in [3.63, 3.8) is 0 Å². The molecule has 1 N–H and O–H groups in total. The van der Waals surface area contributed by atoms with Gasteiger partial charge in [0.25, 0.3) is 0 Å². The Bertz CT molecular complexity index is 437. The van der Waals surface area contributed by atoms with Crippen LogP contribution in [-0.2, 0) is 0 Å². The van der Waals surface area contributed by atoms with E-state index in [1.165, 1.54) is 16.7 Å². The zero-order valence-corrected chi connectivity index (χ0v) is 14.8. The molecule has 0 saturated heterocycles. The van der Waals surface area contributed by atoms with Gasteiger partial charge in [-0.2, -0.15) is 11.8 Å². The van der Waals surface area contributed by atoms with Gasteiger partial charge in [0.1, 0.15) is 5.75 Å². The molecule has 1 aromatic rings. The molecule has 0 aliphatic heterocycles. The number of hydrogen-bond donors (Lipinski definition) is 1. The highest BCUT2D eigenvalue weighted by atomic mass is 32.2. The van der Waals surface area contributed by atoms with Crippen LogP contribution in [0.2, 0.25) is 0 Å². The molecule has 0 fully saturated rings. The van der Waals surface area contributed by atoms with E-state index in [1.807, 2.05) is 11.8 Å². The molecule has 0 aliphatic carbocycles. The highest BCUT2D eigenvalue weighted by Crippen LogP contribution is 2.34. The van der Waals surface area contributed by atoms with Gasteiger partial charge in [0.2, 0.25) is 0 Å². The molecule has 0 heterocycles. The monoisotopic (exact) mass is 295 g/mol. The lowest BCUT2D eigenvalue weighted by atomic mass is 9.98. The molecule has 1 unspecified atom stereocenters. The largest absolute Gasteiger partial charge is 0.496 e. The second kappa shape index (κ2) is 7.37. The molecular weight excluding hydrogens is 266 g/mol. The predicted octanol–water partition coefficient (Wildman–Crippen LogP) is 4.49. The molecule has 3 heteroatoms. The third-order valence-electron chi connectivity index (χ3n) is 3.20. The van der Waals surface area contributed by atoms with Gasteiger partial charge in [0.05, 0.1) is 7.11 Å². The van der Waals surface area contributed by atoms with Crippen molar-refractivity contribution in [2.45, 2.75) is 52.3 Å². The van der Waals surface area contributed by atoms with Crippen LogP contribution in [-0.4, -0.2) is 24.2 Å². The zero-order valence-electron chi connectivity index (χ0n) is 14.0. The fourth-order valence-corrected chi connectivity index (χ4v) is 3.33. The van der Waals surface area contributed by atoms with E-state index in [-0.39, 0.29) is 4.75 Å². The van der Waals surface area contributed by atoms with Crippen molar-refractivity contribution in [3.05, 3.63) is 28.8 Å². The summed E-state index contributed by atoms with van der Waals surface area (Å²) in [5.41, 5.74) is 3.86. The van der Waals surface area contributed by atoms with Crippen molar-refractivity contribution < 1.29 is 4.74 Å². The Morgan fingerprint density at radius 1 is 1.25 bits per heavy atom. The number of hydrogen-bond acceptors (Lipinski definition) is 3. The second-order valence-electron chi connectivity index (χ2n) is 6.23. The van der Waals surface area contributed by atoms with Gasteiger partial charge in [-0.05, 0) is 37.6 Å². The van der Waals surface area contributed by atoms with Crippen LogP contribution in [0, 0.1) is 13.8 Å².